The van der Waals surface area contributed by atoms with Crippen LogP contribution in [0.2, 0.25) is 5.02 Å². The molecular formula is C29H24ClFN8O. The lowest BCUT2D eigenvalue weighted by atomic mass is 10.1. The summed E-state index contributed by atoms with van der Waals surface area (Å²) in [4.78, 5) is 31.2. The summed E-state index contributed by atoms with van der Waals surface area (Å²) in [5.74, 6) is 6.26. The first-order valence-corrected chi connectivity index (χ1v) is 12.7. The predicted octanol–water partition coefficient (Wildman–Crippen LogP) is 4.29. The molecule has 40 heavy (non-hydrogen) atoms. The van der Waals surface area contributed by atoms with Gasteiger partial charge in [0.15, 0.2) is 0 Å². The van der Waals surface area contributed by atoms with Crippen LogP contribution in [0.5, 0.6) is 0 Å². The lowest BCUT2D eigenvalue weighted by Crippen LogP contribution is -2.28. The molecule has 0 bridgehead atoms. The van der Waals surface area contributed by atoms with E-state index in [2.05, 4.69) is 32.1 Å². The number of pyridine rings is 1. The Balaban J connectivity index is 1.61. The van der Waals surface area contributed by atoms with Gasteiger partial charge in [0.2, 0.25) is 0 Å². The molecule has 0 radical (unpaired) electrons. The van der Waals surface area contributed by atoms with Crippen molar-refractivity contribution < 1.29 is 4.39 Å². The second-order valence-corrected chi connectivity index (χ2v) is 9.49. The van der Waals surface area contributed by atoms with E-state index in [-0.39, 0.29) is 16.2 Å². The van der Waals surface area contributed by atoms with Gasteiger partial charge in [-0.25, -0.2) is 24.3 Å². The van der Waals surface area contributed by atoms with Gasteiger partial charge in [0, 0.05) is 12.7 Å². The van der Waals surface area contributed by atoms with Gasteiger partial charge < -0.3 is 16.8 Å². The van der Waals surface area contributed by atoms with Gasteiger partial charge in [0.1, 0.15) is 40.9 Å². The highest BCUT2D eigenvalue weighted by molar-refractivity contribution is 6.35. The minimum Gasteiger partial charge on any atom is -0.382 e. The van der Waals surface area contributed by atoms with Crippen molar-refractivity contribution in [2.75, 3.05) is 11.1 Å². The van der Waals surface area contributed by atoms with Crippen molar-refractivity contribution >= 4 is 34.1 Å². The summed E-state index contributed by atoms with van der Waals surface area (Å²) in [6, 6.07) is 12.4. The highest BCUT2D eigenvalue weighted by Gasteiger charge is 2.21. The number of hydrogen-bond donors (Lipinski definition) is 3. The minimum absolute atomic E-state index is 0.159. The van der Waals surface area contributed by atoms with Gasteiger partial charge in [-0.05, 0) is 67.3 Å². The van der Waals surface area contributed by atoms with Gasteiger partial charge in [-0.1, -0.05) is 29.7 Å². The molecule has 200 valence electrons. The molecule has 5 rings (SSSR count). The van der Waals surface area contributed by atoms with Crippen LogP contribution in [0.3, 0.4) is 0 Å². The van der Waals surface area contributed by atoms with Crippen LogP contribution >= 0.6 is 11.6 Å². The van der Waals surface area contributed by atoms with Crippen molar-refractivity contribution in [3.63, 3.8) is 0 Å². The predicted molar refractivity (Wildman–Crippen MR) is 154 cm³/mol. The minimum atomic E-state index is -0.614. The monoisotopic (exact) mass is 554 g/mol. The van der Waals surface area contributed by atoms with Crippen molar-refractivity contribution in [1.29, 1.82) is 0 Å². The molecule has 2 aromatic carbocycles. The molecule has 0 aliphatic rings. The summed E-state index contributed by atoms with van der Waals surface area (Å²) >= 11 is 6.39. The van der Waals surface area contributed by atoms with Crippen LogP contribution in [0.1, 0.15) is 41.2 Å². The van der Waals surface area contributed by atoms with E-state index in [0.29, 0.717) is 46.2 Å². The zero-order valence-corrected chi connectivity index (χ0v) is 22.4. The van der Waals surface area contributed by atoms with E-state index in [1.165, 1.54) is 23.0 Å². The summed E-state index contributed by atoms with van der Waals surface area (Å²) < 4.78 is 15.8. The van der Waals surface area contributed by atoms with Crippen LogP contribution in [0, 0.1) is 24.6 Å². The smallest absolute Gasteiger partial charge is 0.267 e. The number of aryl methyl sites for hydroxylation is 1. The van der Waals surface area contributed by atoms with Gasteiger partial charge in [0.05, 0.1) is 27.7 Å². The molecule has 1 atom stereocenters. The Hall–Kier alpha value is -4.85. The Morgan fingerprint density at radius 1 is 1.12 bits per heavy atom. The molecule has 0 saturated carbocycles. The normalized spacial score (nSPS) is 11.6. The maximum atomic E-state index is 14.4. The molecule has 0 amide bonds. The van der Waals surface area contributed by atoms with Gasteiger partial charge in [-0.3, -0.25) is 9.36 Å². The second-order valence-electron chi connectivity index (χ2n) is 9.09. The first kappa shape index (κ1) is 26.7. The number of benzene rings is 2. The molecule has 0 fully saturated rings. The fourth-order valence-corrected chi connectivity index (χ4v) is 4.49. The summed E-state index contributed by atoms with van der Waals surface area (Å²) in [6.45, 7) is 3.91. The van der Waals surface area contributed by atoms with Crippen LogP contribution in [0.4, 0.5) is 16.0 Å². The van der Waals surface area contributed by atoms with Crippen molar-refractivity contribution in [3.05, 3.63) is 110 Å². The first-order valence-electron chi connectivity index (χ1n) is 12.3. The number of fused-ring (bicyclic) bond motifs is 1. The van der Waals surface area contributed by atoms with Gasteiger partial charge in [-0.2, -0.15) is 0 Å². The SMILES string of the molecule is Cc1cc(F)cc(-n2c(C(C)Nc3ncnc(N)c3C#Cc3ccc(CN)cn3)nc3cccc(Cl)c3c2=O)c1. The quantitative estimate of drug-likeness (QED) is 0.274. The third-order valence-electron chi connectivity index (χ3n) is 6.15. The molecule has 11 heteroatoms. The third-order valence-corrected chi connectivity index (χ3v) is 6.47. The lowest BCUT2D eigenvalue weighted by molar-refractivity contribution is 0.623. The molecule has 0 aliphatic carbocycles. The van der Waals surface area contributed by atoms with Crippen LogP contribution in [-0.4, -0.2) is 24.5 Å². The number of anilines is 2. The highest BCUT2D eigenvalue weighted by atomic mass is 35.5. The summed E-state index contributed by atoms with van der Waals surface area (Å²) in [5.41, 5.74) is 14.5. The van der Waals surface area contributed by atoms with Gasteiger partial charge in [0.25, 0.3) is 5.56 Å². The molecule has 0 saturated heterocycles. The first-order chi connectivity index (χ1) is 19.2. The molecule has 1 unspecified atom stereocenters. The Morgan fingerprint density at radius 3 is 2.67 bits per heavy atom. The molecule has 5 aromatic rings. The third kappa shape index (κ3) is 5.33. The molecule has 3 heterocycles. The van der Waals surface area contributed by atoms with Gasteiger partial charge in [-0.15, -0.1) is 0 Å². The van der Waals surface area contributed by atoms with E-state index in [9.17, 15) is 9.18 Å². The van der Waals surface area contributed by atoms with E-state index in [0.717, 1.165) is 5.56 Å². The Labute approximate surface area is 234 Å². The Morgan fingerprint density at radius 2 is 1.95 bits per heavy atom. The largest absolute Gasteiger partial charge is 0.382 e. The maximum absolute atomic E-state index is 14.4. The summed E-state index contributed by atoms with van der Waals surface area (Å²) in [6.07, 6.45) is 2.96. The zero-order chi connectivity index (χ0) is 28.4. The van der Waals surface area contributed by atoms with Crippen molar-refractivity contribution in [2.45, 2.75) is 26.4 Å². The second kappa shape index (κ2) is 11.1. The molecule has 0 aliphatic heterocycles. The molecule has 0 spiro atoms. The fourth-order valence-electron chi connectivity index (χ4n) is 4.24. The van der Waals surface area contributed by atoms with E-state index in [4.69, 9.17) is 28.1 Å². The standard InChI is InChI=1S/C29H24ClFN8O/c1-16-10-19(31)12-21(11-16)39-28(38-24-5-3-4-23(30)25(24)29(39)40)17(2)37-27-22(26(33)35-15-36-27)9-8-20-7-6-18(13-32)14-34-20/h3-7,10-12,14-15,17H,13,32H2,1-2H3,(H3,33,35,36,37). The van der Waals surface area contributed by atoms with Crippen LogP contribution in [0.25, 0.3) is 16.6 Å². The Bertz CT molecular complexity index is 1840. The summed E-state index contributed by atoms with van der Waals surface area (Å²) in [5, 5.41) is 3.73. The van der Waals surface area contributed by atoms with E-state index in [1.807, 2.05) is 6.07 Å². The number of nitrogens with one attached hydrogen (secondary N) is 1. The topological polar surface area (TPSA) is 138 Å². The number of halogens is 2. The lowest BCUT2D eigenvalue weighted by Gasteiger charge is -2.21. The number of nitrogens with zero attached hydrogens (tertiary/aromatic N) is 5. The van der Waals surface area contributed by atoms with Crippen molar-refractivity contribution in [3.8, 4) is 17.5 Å². The zero-order valence-electron chi connectivity index (χ0n) is 21.6. The van der Waals surface area contributed by atoms with Crippen molar-refractivity contribution in [1.82, 2.24) is 24.5 Å². The number of nitrogens with two attached hydrogens (primary N) is 2. The van der Waals surface area contributed by atoms with E-state index >= 15 is 0 Å². The number of rotatable bonds is 5. The average Bonchev–Trinajstić information content (AvgIpc) is 2.92. The van der Waals surface area contributed by atoms with Crippen molar-refractivity contribution in [2.24, 2.45) is 5.73 Å². The van der Waals surface area contributed by atoms with Crippen LogP contribution in [0.15, 0.2) is 65.8 Å². The van der Waals surface area contributed by atoms with Crippen LogP contribution in [-0.2, 0) is 6.54 Å². The van der Waals surface area contributed by atoms with E-state index < -0.39 is 17.4 Å². The number of nitrogen functional groups attached to an aromatic ring is 1. The average molecular weight is 555 g/mol. The Kier molecular flexibility index (Phi) is 7.42. The van der Waals surface area contributed by atoms with Crippen LogP contribution < -0.4 is 22.3 Å². The summed E-state index contributed by atoms with van der Waals surface area (Å²) in [7, 11) is 0. The number of hydrogen-bond acceptors (Lipinski definition) is 8. The maximum Gasteiger partial charge on any atom is 0.267 e. The molecule has 5 N–H and O–H groups in total. The van der Waals surface area contributed by atoms with E-state index in [1.54, 1.807) is 50.4 Å². The highest BCUT2D eigenvalue weighted by Crippen LogP contribution is 2.26. The molecule has 3 aromatic heterocycles. The number of aromatic nitrogens is 5. The molecular weight excluding hydrogens is 531 g/mol. The van der Waals surface area contributed by atoms with Gasteiger partial charge >= 0.3 is 0 Å². The fraction of sp³-hybridized carbons (Fsp3) is 0.138. The molecule has 9 nitrogen and oxygen atoms in total.